The summed E-state index contributed by atoms with van der Waals surface area (Å²) in [6, 6.07) is 13.5. The smallest absolute Gasteiger partial charge is 0.142 e. The average Bonchev–Trinajstić information content (AvgIpc) is 2.78. The van der Waals surface area contributed by atoms with Crippen LogP contribution in [0.25, 0.3) is 22.4 Å². The molecule has 0 spiro atoms. The maximum Gasteiger partial charge on any atom is 0.142 e. The van der Waals surface area contributed by atoms with Crippen LogP contribution in [0.4, 0.5) is 0 Å². The van der Waals surface area contributed by atoms with E-state index in [4.69, 9.17) is 16.9 Å². The third-order valence-electron chi connectivity index (χ3n) is 3.44. The zero-order valence-electron chi connectivity index (χ0n) is 11.2. The van der Waals surface area contributed by atoms with E-state index in [1.165, 1.54) is 0 Å². The van der Waals surface area contributed by atoms with Crippen LogP contribution in [0.15, 0.2) is 36.4 Å². The van der Waals surface area contributed by atoms with Gasteiger partial charge in [0.2, 0.25) is 0 Å². The Kier molecular flexibility index (Phi) is 2.96. The number of rotatable bonds is 1. The number of hydrogen-bond acceptors (Lipinski definition) is 2. The number of hydrogen-bond donors (Lipinski definition) is 0. The molecule has 98 valence electrons. The molecule has 0 aliphatic carbocycles. The predicted octanol–water partition coefficient (Wildman–Crippen LogP) is 4.07. The summed E-state index contributed by atoms with van der Waals surface area (Å²) in [6.45, 7) is 1.97. The predicted molar refractivity (Wildman–Crippen MR) is 80.6 cm³/mol. The Morgan fingerprint density at radius 2 is 2.05 bits per heavy atom. The van der Waals surface area contributed by atoms with E-state index in [2.05, 4.69) is 11.1 Å². The van der Waals surface area contributed by atoms with Crippen molar-refractivity contribution < 1.29 is 0 Å². The fraction of sp³-hybridized carbons (Fsp3) is 0.125. The van der Waals surface area contributed by atoms with Crippen LogP contribution in [0.2, 0.25) is 5.02 Å². The number of aryl methyl sites for hydroxylation is 2. The van der Waals surface area contributed by atoms with Crippen LogP contribution in [-0.2, 0) is 7.05 Å². The van der Waals surface area contributed by atoms with E-state index >= 15 is 0 Å². The fourth-order valence-corrected chi connectivity index (χ4v) is 2.53. The molecule has 0 N–H and O–H groups in total. The molecule has 0 saturated heterocycles. The van der Waals surface area contributed by atoms with Crippen LogP contribution < -0.4 is 0 Å². The number of imidazole rings is 1. The van der Waals surface area contributed by atoms with Crippen LogP contribution in [0.5, 0.6) is 0 Å². The molecule has 1 heterocycles. The van der Waals surface area contributed by atoms with E-state index in [1.807, 2.05) is 48.9 Å². The van der Waals surface area contributed by atoms with Crippen LogP contribution in [0.1, 0.15) is 11.1 Å². The number of benzene rings is 2. The topological polar surface area (TPSA) is 41.6 Å². The first kappa shape index (κ1) is 12.7. The highest BCUT2D eigenvalue weighted by Gasteiger charge is 2.13. The van der Waals surface area contributed by atoms with Crippen molar-refractivity contribution in [3.05, 3.63) is 52.5 Å². The molecule has 3 aromatic rings. The van der Waals surface area contributed by atoms with E-state index in [-0.39, 0.29) is 0 Å². The van der Waals surface area contributed by atoms with Crippen LogP contribution in [0.3, 0.4) is 0 Å². The first-order chi connectivity index (χ1) is 9.61. The van der Waals surface area contributed by atoms with Crippen molar-refractivity contribution in [2.24, 2.45) is 7.05 Å². The number of aromatic nitrogens is 2. The molecule has 3 rings (SSSR count). The number of fused-ring (bicyclic) bond motifs is 1. The van der Waals surface area contributed by atoms with Gasteiger partial charge in [0.05, 0.1) is 27.7 Å². The zero-order chi connectivity index (χ0) is 14.3. The molecule has 3 nitrogen and oxygen atoms in total. The molecule has 20 heavy (non-hydrogen) atoms. The second kappa shape index (κ2) is 4.66. The fourth-order valence-electron chi connectivity index (χ4n) is 2.32. The summed E-state index contributed by atoms with van der Waals surface area (Å²) in [5, 5.41) is 9.71. The summed E-state index contributed by atoms with van der Waals surface area (Å²) in [7, 11) is 1.94. The van der Waals surface area contributed by atoms with Crippen molar-refractivity contribution in [3.63, 3.8) is 0 Å². The molecule has 0 aliphatic heterocycles. The largest absolute Gasteiger partial charge is 0.327 e. The van der Waals surface area contributed by atoms with Gasteiger partial charge in [-0.05, 0) is 36.8 Å². The molecular weight excluding hydrogens is 270 g/mol. The van der Waals surface area contributed by atoms with Crippen LogP contribution in [0, 0.1) is 18.3 Å². The SMILES string of the molecule is Cc1cccc(-c2nc3ccc(C#N)cc3n2C)c1Cl. The Morgan fingerprint density at radius 3 is 2.80 bits per heavy atom. The normalized spacial score (nSPS) is 10.7. The summed E-state index contributed by atoms with van der Waals surface area (Å²) in [4.78, 5) is 4.63. The summed E-state index contributed by atoms with van der Waals surface area (Å²) < 4.78 is 1.97. The number of nitriles is 1. The minimum Gasteiger partial charge on any atom is -0.327 e. The van der Waals surface area contributed by atoms with Gasteiger partial charge in [0, 0.05) is 12.6 Å². The summed E-state index contributed by atoms with van der Waals surface area (Å²) in [6.07, 6.45) is 0. The summed E-state index contributed by atoms with van der Waals surface area (Å²) in [5.74, 6) is 0.809. The van der Waals surface area contributed by atoms with Gasteiger partial charge in [0.15, 0.2) is 0 Å². The van der Waals surface area contributed by atoms with Gasteiger partial charge in [0.25, 0.3) is 0 Å². The van der Waals surface area contributed by atoms with Gasteiger partial charge in [-0.15, -0.1) is 0 Å². The van der Waals surface area contributed by atoms with Crippen molar-refractivity contribution in [1.82, 2.24) is 9.55 Å². The monoisotopic (exact) mass is 281 g/mol. The summed E-state index contributed by atoms with van der Waals surface area (Å²) in [5.41, 5.74) is 4.34. The Balaban J connectivity index is 2.30. The molecule has 2 aromatic carbocycles. The zero-order valence-corrected chi connectivity index (χ0v) is 11.9. The van der Waals surface area contributed by atoms with E-state index in [0.717, 1.165) is 28.0 Å². The Morgan fingerprint density at radius 1 is 1.25 bits per heavy atom. The van der Waals surface area contributed by atoms with E-state index in [1.54, 1.807) is 6.07 Å². The van der Waals surface area contributed by atoms with Gasteiger partial charge in [-0.25, -0.2) is 4.98 Å². The minimum atomic E-state index is 0.627. The van der Waals surface area contributed by atoms with Gasteiger partial charge >= 0.3 is 0 Å². The number of nitrogens with zero attached hydrogens (tertiary/aromatic N) is 3. The van der Waals surface area contributed by atoms with Crippen molar-refractivity contribution in [2.45, 2.75) is 6.92 Å². The first-order valence-corrected chi connectivity index (χ1v) is 6.61. The maximum absolute atomic E-state index is 8.99. The lowest BCUT2D eigenvalue weighted by atomic mass is 10.1. The van der Waals surface area contributed by atoms with Gasteiger partial charge in [-0.3, -0.25) is 0 Å². The highest BCUT2D eigenvalue weighted by molar-refractivity contribution is 6.34. The quantitative estimate of drug-likeness (QED) is 0.674. The lowest BCUT2D eigenvalue weighted by Gasteiger charge is -2.06. The molecule has 0 radical (unpaired) electrons. The molecule has 4 heteroatoms. The highest BCUT2D eigenvalue weighted by Crippen LogP contribution is 2.31. The Bertz CT molecular complexity index is 856. The number of halogens is 1. The molecule has 0 bridgehead atoms. The molecule has 0 amide bonds. The molecule has 1 aromatic heterocycles. The third-order valence-corrected chi connectivity index (χ3v) is 3.94. The Hall–Kier alpha value is -2.31. The lowest BCUT2D eigenvalue weighted by Crippen LogP contribution is -1.94. The van der Waals surface area contributed by atoms with Crippen LogP contribution >= 0.6 is 11.6 Å². The molecular formula is C16H12ClN3. The van der Waals surface area contributed by atoms with Gasteiger partial charge in [0.1, 0.15) is 5.82 Å². The molecule has 0 aliphatic rings. The summed E-state index contributed by atoms with van der Waals surface area (Å²) >= 11 is 6.38. The van der Waals surface area contributed by atoms with Crippen LogP contribution in [-0.4, -0.2) is 9.55 Å². The van der Waals surface area contributed by atoms with E-state index in [0.29, 0.717) is 10.6 Å². The first-order valence-electron chi connectivity index (χ1n) is 6.24. The second-order valence-corrected chi connectivity index (χ2v) is 5.12. The van der Waals surface area contributed by atoms with E-state index in [9.17, 15) is 0 Å². The van der Waals surface area contributed by atoms with Gasteiger partial charge < -0.3 is 4.57 Å². The van der Waals surface area contributed by atoms with Gasteiger partial charge in [-0.2, -0.15) is 5.26 Å². The molecule has 0 saturated carbocycles. The third kappa shape index (κ3) is 1.86. The van der Waals surface area contributed by atoms with Gasteiger partial charge in [-0.1, -0.05) is 23.7 Å². The van der Waals surface area contributed by atoms with E-state index < -0.39 is 0 Å². The highest BCUT2D eigenvalue weighted by atomic mass is 35.5. The van der Waals surface area contributed by atoms with Crippen molar-refractivity contribution in [3.8, 4) is 17.5 Å². The van der Waals surface area contributed by atoms with Crippen molar-refractivity contribution >= 4 is 22.6 Å². The average molecular weight is 282 g/mol. The standard InChI is InChI=1S/C16H12ClN3/c1-10-4-3-5-12(15(10)17)16-19-13-7-6-11(9-18)8-14(13)20(16)2/h3-8H,1-2H3. The van der Waals surface area contributed by atoms with Crippen molar-refractivity contribution in [1.29, 1.82) is 5.26 Å². The minimum absolute atomic E-state index is 0.627. The maximum atomic E-state index is 8.99. The molecule has 0 fully saturated rings. The lowest BCUT2D eigenvalue weighted by molar-refractivity contribution is 0.959. The van der Waals surface area contributed by atoms with Crippen molar-refractivity contribution in [2.75, 3.05) is 0 Å². The molecule has 0 unspecified atom stereocenters. The Labute approximate surface area is 122 Å². The molecule has 0 atom stereocenters. The second-order valence-electron chi connectivity index (χ2n) is 4.75.